The molecule has 26 heavy (non-hydrogen) atoms. The van der Waals surface area contributed by atoms with Gasteiger partial charge in [0.25, 0.3) is 5.69 Å². The number of non-ortho nitro benzene ring substituents is 1. The number of aromatic nitrogens is 3. The average Bonchev–Trinajstić information content (AvgIpc) is 3.14. The molecule has 0 amide bonds. The van der Waals surface area contributed by atoms with E-state index in [0.29, 0.717) is 0 Å². The first kappa shape index (κ1) is 16.3. The molecule has 0 saturated heterocycles. The molecule has 0 fully saturated rings. The summed E-state index contributed by atoms with van der Waals surface area (Å²) in [7, 11) is 0. The fourth-order valence-electron chi connectivity index (χ4n) is 4.00. The van der Waals surface area contributed by atoms with Gasteiger partial charge in [-0.3, -0.25) is 10.1 Å². The van der Waals surface area contributed by atoms with Gasteiger partial charge < -0.3 is 4.57 Å². The van der Waals surface area contributed by atoms with Crippen molar-refractivity contribution in [1.29, 1.82) is 0 Å². The smallest absolute Gasteiger partial charge is 0.270 e. The molecule has 4 rings (SSSR count). The summed E-state index contributed by atoms with van der Waals surface area (Å²) in [6.07, 6.45) is 1.94. The first-order valence-corrected chi connectivity index (χ1v) is 8.65. The third-order valence-corrected chi connectivity index (χ3v) is 5.17. The Bertz CT molecular complexity index is 1180. The van der Waals surface area contributed by atoms with Gasteiger partial charge in [0.1, 0.15) is 0 Å². The lowest BCUT2D eigenvalue weighted by molar-refractivity contribution is -0.384. The first-order chi connectivity index (χ1) is 12.4. The highest BCUT2D eigenvalue weighted by atomic mass is 16.6. The van der Waals surface area contributed by atoms with Crippen LogP contribution in [0.25, 0.3) is 27.4 Å². The normalized spacial score (nSPS) is 11.5. The minimum Gasteiger partial charge on any atom is -0.348 e. The van der Waals surface area contributed by atoms with Gasteiger partial charge in [0.05, 0.1) is 16.1 Å². The Hall–Kier alpha value is -3.15. The summed E-state index contributed by atoms with van der Waals surface area (Å²) in [5.41, 5.74) is 6.30. The lowest BCUT2D eigenvalue weighted by atomic mass is 10.1. The Balaban J connectivity index is 2.03. The summed E-state index contributed by atoms with van der Waals surface area (Å²) in [6, 6.07) is 8.79. The first-order valence-electron chi connectivity index (χ1n) is 8.65. The number of fused-ring (bicyclic) bond motifs is 3. The summed E-state index contributed by atoms with van der Waals surface area (Å²) in [6.45, 7) is 9.36. The molecule has 3 heterocycles. The van der Waals surface area contributed by atoms with Crippen LogP contribution in [0.5, 0.6) is 0 Å². The van der Waals surface area contributed by atoms with Gasteiger partial charge in [-0.05, 0) is 39.3 Å². The monoisotopic (exact) mass is 348 g/mol. The molecule has 0 aliphatic heterocycles. The van der Waals surface area contributed by atoms with Crippen LogP contribution in [-0.2, 0) is 6.54 Å². The zero-order valence-electron chi connectivity index (χ0n) is 15.3. The van der Waals surface area contributed by atoms with E-state index in [1.807, 2.05) is 23.7 Å². The molecular formula is C20H20N4O2. The van der Waals surface area contributed by atoms with Crippen molar-refractivity contribution in [3.63, 3.8) is 0 Å². The van der Waals surface area contributed by atoms with Gasteiger partial charge in [-0.1, -0.05) is 12.1 Å². The maximum atomic E-state index is 11.1. The molecule has 0 bridgehead atoms. The highest BCUT2D eigenvalue weighted by Crippen LogP contribution is 2.34. The minimum atomic E-state index is -0.366. The van der Waals surface area contributed by atoms with Crippen molar-refractivity contribution in [2.75, 3.05) is 0 Å². The van der Waals surface area contributed by atoms with Crippen LogP contribution in [0.2, 0.25) is 0 Å². The van der Waals surface area contributed by atoms with Gasteiger partial charge in [0.15, 0.2) is 0 Å². The van der Waals surface area contributed by atoms with Crippen LogP contribution in [0.15, 0.2) is 36.5 Å². The molecule has 3 aromatic heterocycles. The fraction of sp³-hybridized carbons (Fsp3) is 0.250. The lowest BCUT2D eigenvalue weighted by Crippen LogP contribution is -1.98. The molecule has 0 saturated carbocycles. The van der Waals surface area contributed by atoms with E-state index in [9.17, 15) is 10.1 Å². The minimum absolute atomic E-state index is 0.0937. The number of nitro benzene ring substituents is 1. The standard InChI is InChI=1S/C20H20N4O2/c1-5-22-13(3)19-12(2)21-23-11-16(10-18(23)20(19)14(22)4)15-7-6-8-17(9-15)24(25)26/h6-11H,5H2,1-4H3. The Morgan fingerprint density at radius 2 is 1.81 bits per heavy atom. The zero-order chi connectivity index (χ0) is 18.6. The van der Waals surface area contributed by atoms with E-state index >= 15 is 0 Å². The van der Waals surface area contributed by atoms with Gasteiger partial charge in [-0.25, -0.2) is 4.52 Å². The molecule has 0 radical (unpaired) electrons. The molecule has 4 aromatic rings. The number of nitro groups is 1. The molecule has 0 atom stereocenters. The zero-order valence-corrected chi connectivity index (χ0v) is 15.3. The molecule has 1 aromatic carbocycles. The average molecular weight is 348 g/mol. The van der Waals surface area contributed by atoms with Gasteiger partial charge >= 0.3 is 0 Å². The number of nitrogens with zero attached hydrogens (tertiary/aromatic N) is 4. The third-order valence-electron chi connectivity index (χ3n) is 5.17. The molecule has 0 unspecified atom stereocenters. The highest BCUT2D eigenvalue weighted by molar-refractivity contribution is 6.02. The summed E-state index contributed by atoms with van der Waals surface area (Å²) >= 11 is 0. The van der Waals surface area contributed by atoms with Gasteiger partial charge in [-0.15, -0.1) is 0 Å². The number of aryl methyl sites for hydroxylation is 3. The maximum Gasteiger partial charge on any atom is 0.270 e. The number of rotatable bonds is 3. The second kappa shape index (κ2) is 5.69. The van der Waals surface area contributed by atoms with Crippen molar-refractivity contribution in [3.8, 4) is 11.1 Å². The molecule has 0 aliphatic carbocycles. The molecule has 0 spiro atoms. The number of benzene rings is 1. The van der Waals surface area contributed by atoms with Crippen molar-refractivity contribution in [1.82, 2.24) is 14.2 Å². The Kier molecular flexibility index (Phi) is 3.57. The molecule has 0 aliphatic rings. The summed E-state index contributed by atoms with van der Waals surface area (Å²) in [5.74, 6) is 0. The predicted molar refractivity (Wildman–Crippen MR) is 103 cm³/mol. The van der Waals surface area contributed by atoms with Gasteiger partial charge in [0.2, 0.25) is 0 Å². The SMILES string of the molecule is CCn1c(C)c2c(C)nn3cc(-c4cccc([N+](=O)[O-])c4)cc3c2c1C. The van der Waals surface area contributed by atoms with Crippen LogP contribution in [-0.4, -0.2) is 19.1 Å². The summed E-state index contributed by atoms with van der Waals surface area (Å²) in [4.78, 5) is 10.7. The van der Waals surface area contributed by atoms with Crippen LogP contribution < -0.4 is 0 Å². The topological polar surface area (TPSA) is 65.4 Å². The number of hydrogen-bond acceptors (Lipinski definition) is 3. The largest absolute Gasteiger partial charge is 0.348 e. The van der Waals surface area contributed by atoms with E-state index in [1.54, 1.807) is 12.1 Å². The Morgan fingerprint density at radius 1 is 1.08 bits per heavy atom. The lowest BCUT2D eigenvalue weighted by Gasteiger charge is -2.03. The predicted octanol–water partition coefficient (Wildman–Crippen LogP) is 4.81. The summed E-state index contributed by atoms with van der Waals surface area (Å²) < 4.78 is 4.19. The van der Waals surface area contributed by atoms with Crippen molar-refractivity contribution < 1.29 is 4.92 Å². The second-order valence-corrected chi connectivity index (χ2v) is 6.62. The van der Waals surface area contributed by atoms with E-state index < -0.39 is 0 Å². The molecule has 6 nitrogen and oxygen atoms in total. The third kappa shape index (κ3) is 2.22. The van der Waals surface area contributed by atoms with Gasteiger partial charge in [0, 0.05) is 52.6 Å². The van der Waals surface area contributed by atoms with Crippen LogP contribution in [0.3, 0.4) is 0 Å². The fourth-order valence-corrected chi connectivity index (χ4v) is 4.00. The maximum absolute atomic E-state index is 11.1. The van der Waals surface area contributed by atoms with E-state index in [-0.39, 0.29) is 10.6 Å². The van der Waals surface area contributed by atoms with Crippen molar-refractivity contribution in [2.45, 2.75) is 34.2 Å². The Morgan fingerprint density at radius 3 is 2.50 bits per heavy atom. The van der Waals surface area contributed by atoms with Crippen molar-refractivity contribution >= 4 is 22.0 Å². The van der Waals surface area contributed by atoms with Crippen LogP contribution in [0.1, 0.15) is 24.0 Å². The van der Waals surface area contributed by atoms with E-state index in [4.69, 9.17) is 5.10 Å². The molecular weight excluding hydrogens is 328 g/mol. The highest BCUT2D eigenvalue weighted by Gasteiger charge is 2.18. The van der Waals surface area contributed by atoms with Gasteiger partial charge in [-0.2, -0.15) is 5.10 Å². The summed E-state index contributed by atoms with van der Waals surface area (Å²) in [5, 5.41) is 18.2. The van der Waals surface area contributed by atoms with Crippen LogP contribution >= 0.6 is 0 Å². The van der Waals surface area contributed by atoms with E-state index in [0.717, 1.165) is 28.9 Å². The Labute approximate surface area is 150 Å². The van der Waals surface area contributed by atoms with Crippen LogP contribution in [0.4, 0.5) is 5.69 Å². The van der Waals surface area contributed by atoms with E-state index in [2.05, 4.69) is 31.4 Å². The molecule has 6 heteroatoms. The molecule has 0 N–H and O–H groups in total. The van der Waals surface area contributed by atoms with E-state index in [1.165, 1.54) is 28.2 Å². The van der Waals surface area contributed by atoms with Crippen molar-refractivity contribution in [2.24, 2.45) is 0 Å². The second-order valence-electron chi connectivity index (χ2n) is 6.62. The quantitative estimate of drug-likeness (QED) is 0.394. The molecule has 132 valence electrons. The van der Waals surface area contributed by atoms with Crippen LogP contribution in [0, 0.1) is 30.9 Å². The number of hydrogen-bond donors (Lipinski definition) is 0. The van der Waals surface area contributed by atoms with Crippen molar-refractivity contribution in [3.05, 3.63) is 63.7 Å².